The van der Waals surface area contributed by atoms with E-state index in [1.807, 2.05) is 0 Å². The minimum atomic E-state index is -0.391. The molecule has 0 aromatic carbocycles. The second-order valence-corrected chi connectivity index (χ2v) is 3.51. The molecule has 0 radical (unpaired) electrons. The quantitative estimate of drug-likeness (QED) is 0.255. The highest BCUT2D eigenvalue weighted by Crippen LogP contribution is 2.02. The minimum Gasteiger partial charge on any atom is -0.299 e. The molecule has 0 unspecified atom stereocenters. The van der Waals surface area contributed by atoms with Crippen LogP contribution in [0.25, 0.3) is 0 Å². The number of rotatable bonds is 9. The Morgan fingerprint density at radius 1 is 1.13 bits per heavy atom. The summed E-state index contributed by atoms with van der Waals surface area (Å²) in [7, 11) is 0. The summed E-state index contributed by atoms with van der Waals surface area (Å²) in [5.41, 5.74) is 0. The van der Waals surface area contributed by atoms with Crippen molar-refractivity contribution >= 4 is 5.97 Å². The van der Waals surface area contributed by atoms with Crippen molar-refractivity contribution in [3.05, 3.63) is 12.2 Å². The lowest BCUT2D eigenvalue weighted by molar-refractivity contribution is -0.270. The van der Waals surface area contributed by atoms with Gasteiger partial charge in [-0.1, -0.05) is 31.9 Å². The predicted octanol–water partition coefficient (Wildman–Crippen LogP) is 3.40. The summed E-state index contributed by atoms with van der Waals surface area (Å²) in [5, 5.41) is 0. The van der Waals surface area contributed by atoms with E-state index in [2.05, 4.69) is 28.9 Å². The molecule has 0 heterocycles. The van der Waals surface area contributed by atoms with Gasteiger partial charge in [0.1, 0.15) is 0 Å². The van der Waals surface area contributed by atoms with Gasteiger partial charge in [-0.25, -0.2) is 4.79 Å². The highest BCUT2D eigenvalue weighted by atomic mass is 17.2. The first-order valence-electron chi connectivity index (χ1n) is 5.72. The van der Waals surface area contributed by atoms with E-state index in [0.717, 1.165) is 19.3 Å². The Hall–Kier alpha value is -0.830. The van der Waals surface area contributed by atoms with E-state index in [0.29, 0.717) is 6.61 Å². The molecule has 88 valence electrons. The van der Waals surface area contributed by atoms with Crippen molar-refractivity contribution in [2.24, 2.45) is 0 Å². The summed E-state index contributed by atoms with van der Waals surface area (Å²) in [6, 6.07) is 0. The summed E-state index contributed by atoms with van der Waals surface area (Å²) in [6.45, 7) is 4.01. The van der Waals surface area contributed by atoms with Crippen LogP contribution < -0.4 is 0 Å². The van der Waals surface area contributed by atoms with Gasteiger partial charge in [-0.15, -0.1) is 0 Å². The van der Waals surface area contributed by atoms with E-state index in [-0.39, 0.29) is 0 Å². The van der Waals surface area contributed by atoms with E-state index >= 15 is 0 Å². The minimum absolute atomic E-state index is 0.391. The number of carbonyl (C=O) groups excluding carboxylic acids is 1. The first-order chi connectivity index (χ1) is 7.27. The van der Waals surface area contributed by atoms with E-state index in [1.54, 1.807) is 0 Å². The molecular formula is C12H22O3. The molecule has 15 heavy (non-hydrogen) atoms. The van der Waals surface area contributed by atoms with Crippen LogP contribution in [0.1, 0.15) is 52.4 Å². The van der Waals surface area contributed by atoms with Crippen molar-refractivity contribution in [2.75, 3.05) is 6.61 Å². The summed E-state index contributed by atoms with van der Waals surface area (Å²) in [6.07, 6.45) is 11.2. The molecule has 0 rings (SSSR count). The van der Waals surface area contributed by atoms with Crippen molar-refractivity contribution in [3.63, 3.8) is 0 Å². The van der Waals surface area contributed by atoms with Gasteiger partial charge in [0, 0.05) is 6.92 Å². The topological polar surface area (TPSA) is 35.5 Å². The van der Waals surface area contributed by atoms with Crippen molar-refractivity contribution in [1.82, 2.24) is 0 Å². The molecule has 0 aromatic heterocycles. The Morgan fingerprint density at radius 3 is 2.53 bits per heavy atom. The Balaban J connectivity index is 3.01. The lowest BCUT2D eigenvalue weighted by Crippen LogP contribution is -2.01. The zero-order chi connectivity index (χ0) is 11.4. The predicted molar refractivity (Wildman–Crippen MR) is 60.2 cm³/mol. The molecule has 0 aliphatic heterocycles. The Morgan fingerprint density at radius 2 is 1.87 bits per heavy atom. The number of allylic oxidation sites excluding steroid dienone is 2. The van der Waals surface area contributed by atoms with Gasteiger partial charge >= 0.3 is 5.97 Å². The second-order valence-electron chi connectivity index (χ2n) is 3.51. The van der Waals surface area contributed by atoms with Crippen LogP contribution in [0.3, 0.4) is 0 Å². The van der Waals surface area contributed by atoms with Gasteiger partial charge in [-0.05, 0) is 25.7 Å². The largest absolute Gasteiger partial charge is 0.339 e. The summed E-state index contributed by atoms with van der Waals surface area (Å²) in [5.74, 6) is -0.391. The van der Waals surface area contributed by atoms with Gasteiger partial charge in [0.25, 0.3) is 0 Å². The molecule has 0 aromatic rings. The SMILES string of the molecule is CCCC=CCCCCCOOC(C)=O. The maximum Gasteiger partial charge on any atom is 0.339 e. The van der Waals surface area contributed by atoms with Crippen LogP contribution in [0.4, 0.5) is 0 Å². The summed E-state index contributed by atoms with van der Waals surface area (Å²) >= 11 is 0. The first-order valence-corrected chi connectivity index (χ1v) is 5.72. The lowest BCUT2D eigenvalue weighted by Gasteiger charge is -2.00. The van der Waals surface area contributed by atoms with Crippen LogP contribution >= 0.6 is 0 Å². The third kappa shape index (κ3) is 13.2. The smallest absolute Gasteiger partial charge is 0.299 e. The summed E-state index contributed by atoms with van der Waals surface area (Å²) < 4.78 is 0. The molecule has 3 heteroatoms. The average molecular weight is 214 g/mol. The maximum absolute atomic E-state index is 10.3. The molecule has 0 saturated heterocycles. The zero-order valence-corrected chi connectivity index (χ0v) is 9.83. The van der Waals surface area contributed by atoms with Gasteiger partial charge in [-0.2, -0.15) is 4.89 Å². The Labute approximate surface area is 92.4 Å². The molecule has 0 amide bonds. The summed E-state index contributed by atoms with van der Waals surface area (Å²) in [4.78, 5) is 19.3. The fraction of sp³-hybridized carbons (Fsp3) is 0.750. The normalized spacial score (nSPS) is 10.8. The third-order valence-corrected chi connectivity index (χ3v) is 1.90. The number of unbranched alkanes of at least 4 members (excludes halogenated alkanes) is 4. The molecule has 0 saturated carbocycles. The maximum atomic E-state index is 10.3. The molecule has 3 nitrogen and oxygen atoms in total. The van der Waals surface area contributed by atoms with Crippen LogP contribution in [0, 0.1) is 0 Å². The molecule has 0 aliphatic rings. The van der Waals surface area contributed by atoms with Gasteiger partial charge in [0.15, 0.2) is 0 Å². The van der Waals surface area contributed by atoms with Crippen LogP contribution in [-0.2, 0) is 14.6 Å². The average Bonchev–Trinajstić information content (AvgIpc) is 2.20. The highest BCUT2D eigenvalue weighted by molar-refractivity contribution is 5.65. The van der Waals surface area contributed by atoms with Gasteiger partial charge < -0.3 is 0 Å². The number of carbonyl (C=O) groups is 1. The van der Waals surface area contributed by atoms with E-state index in [4.69, 9.17) is 0 Å². The molecule has 0 N–H and O–H groups in total. The van der Waals surface area contributed by atoms with Crippen molar-refractivity contribution in [3.8, 4) is 0 Å². The van der Waals surface area contributed by atoms with Crippen LogP contribution in [-0.4, -0.2) is 12.6 Å². The Kier molecular flexibility index (Phi) is 10.6. The van der Waals surface area contributed by atoms with Crippen LogP contribution in [0.15, 0.2) is 12.2 Å². The fourth-order valence-corrected chi connectivity index (χ4v) is 1.13. The monoisotopic (exact) mass is 214 g/mol. The second kappa shape index (κ2) is 11.2. The molecule has 0 atom stereocenters. The van der Waals surface area contributed by atoms with E-state index in [9.17, 15) is 4.79 Å². The Bertz CT molecular complexity index is 176. The molecule has 0 bridgehead atoms. The molecule has 0 spiro atoms. The number of hydrogen-bond donors (Lipinski definition) is 0. The molecular weight excluding hydrogens is 192 g/mol. The van der Waals surface area contributed by atoms with E-state index in [1.165, 1.54) is 26.2 Å². The van der Waals surface area contributed by atoms with Gasteiger partial charge in [-0.3, -0.25) is 4.89 Å². The van der Waals surface area contributed by atoms with Gasteiger partial charge in [0.05, 0.1) is 6.61 Å². The lowest BCUT2D eigenvalue weighted by atomic mass is 10.2. The third-order valence-electron chi connectivity index (χ3n) is 1.90. The zero-order valence-electron chi connectivity index (χ0n) is 9.83. The molecule has 0 aliphatic carbocycles. The molecule has 0 fully saturated rings. The standard InChI is InChI=1S/C12H22O3/c1-3-4-5-6-7-8-9-10-11-14-15-12(2)13/h5-6H,3-4,7-11H2,1-2H3. The van der Waals surface area contributed by atoms with Gasteiger partial charge in [0.2, 0.25) is 0 Å². The van der Waals surface area contributed by atoms with Crippen molar-refractivity contribution in [1.29, 1.82) is 0 Å². The van der Waals surface area contributed by atoms with Crippen LogP contribution in [0.2, 0.25) is 0 Å². The first kappa shape index (κ1) is 14.2. The van der Waals surface area contributed by atoms with Crippen molar-refractivity contribution in [2.45, 2.75) is 52.4 Å². The van der Waals surface area contributed by atoms with Crippen molar-refractivity contribution < 1.29 is 14.6 Å². The van der Waals surface area contributed by atoms with Crippen LogP contribution in [0.5, 0.6) is 0 Å². The van der Waals surface area contributed by atoms with E-state index < -0.39 is 5.97 Å². The number of hydrogen-bond acceptors (Lipinski definition) is 3. The fourth-order valence-electron chi connectivity index (χ4n) is 1.13. The highest BCUT2D eigenvalue weighted by Gasteiger charge is 1.93.